The number of esters is 1. The third-order valence-electron chi connectivity index (χ3n) is 4.28. The fourth-order valence-corrected chi connectivity index (χ4v) is 3.95. The Morgan fingerprint density at radius 1 is 1.22 bits per heavy atom. The second-order valence-corrected chi connectivity index (χ2v) is 7.15. The predicted molar refractivity (Wildman–Crippen MR) is 104 cm³/mol. The lowest BCUT2D eigenvalue weighted by Crippen LogP contribution is -2.28. The van der Waals surface area contributed by atoms with E-state index in [2.05, 4.69) is 4.99 Å². The molecule has 0 bridgehead atoms. The van der Waals surface area contributed by atoms with Crippen LogP contribution in [0.15, 0.2) is 47.5 Å². The lowest BCUT2D eigenvalue weighted by atomic mass is 10.1. The number of phenols is 1. The van der Waals surface area contributed by atoms with Crippen molar-refractivity contribution in [3.63, 3.8) is 0 Å². The van der Waals surface area contributed by atoms with Crippen molar-refractivity contribution in [3.8, 4) is 5.75 Å². The second kappa shape index (κ2) is 7.75. The van der Waals surface area contributed by atoms with Crippen LogP contribution in [-0.4, -0.2) is 28.7 Å². The van der Waals surface area contributed by atoms with Crippen molar-refractivity contribution < 1.29 is 19.4 Å². The molecular weight excluding hydrogens is 364 g/mol. The van der Waals surface area contributed by atoms with Crippen LogP contribution in [0.2, 0.25) is 0 Å². The van der Waals surface area contributed by atoms with Crippen LogP contribution >= 0.6 is 11.3 Å². The highest BCUT2D eigenvalue weighted by molar-refractivity contribution is 7.16. The van der Waals surface area contributed by atoms with Crippen LogP contribution in [0.25, 0.3) is 10.2 Å². The van der Waals surface area contributed by atoms with E-state index < -0.39 is 12.0 Å². The maximum atomic E-state index is 12.6. The first-order valence-electron chi connectivity index (χ1n) is 8.52. The molecule has 140 valence electrons. The molecule has 1 heterocycles. The molecule has 3 rings (SSSR count). The number of aryl methyl sites for hydroxylation is 1. The number of aromatic nitrogens is 1. The summed E-state index contributed by atoms with van der Waals surface area (Å²) in [5, 5.41) is 9.78. The monoisotopic (exact) mass is 384 g/mol. The van der Waals surface area contributed by atoms with Crippen LogP contribution < -0.4 is 4.80 Å². The minimum Gasteiger partial charge on any atom is -0.508 e. The van der Waals surface area contributed by atoms with Crippen LogP contribution in [0.1, 0.15) is 35.3 Å². The lowest BCUT2D eigenvalue weighted by molar-refractivity contribution is -0.144. The number of amides is 1. The summed E-state index contributed by atoms with van der Waals surface area (Å²) in [5.41, 5.74) is 2.24. The standard InChI is InChI=1S/C20H20N2O4S/c1-4-15(19(25)26-3)22-16-10-9-14(23)11-17(16)27-20(22)21-18(24)13-7-5-12(2)6-8-13/h5-11,15,23H,4H2,1-3H3/b21-20-. The molecule has 27 heavy (non-hydrogen) atoms. The number of thiazole rings is 1. The van der Waals surface area contributed by atoms with E-state index >= 15 is 0 Å². The SMILES string of the molecule is CCC(C(=O)OC)n1/c(=N/C(=O)c2ccc(C)cc2)sc2cc(O)ccc21. The van der Waals surface area contributed by atoms with E-state index in [0.29, 0.717) is 22.3 Å². The van der Waals surface area contributed by atoms with Crippen molar-refractivity contribution >= 4 is 33.4 Å². The van der Waals surface area contributed by atoms with Crippen LogP contribution in [0.5, 0.6) is 5.75 Å². The van der Waals surface area contributed by atoms with E-state index in [4.69, 9.17) is 4.74 Å². The molecule has 1 atom stereocenters. The summed E-state index contributed by atoms with van der Waals surface area (Å²) in [6.07, 6.45) is 0.477. The Bertz CT molecular complexity index is 1060. The van der Waals surface area contributed by atoms with E-state index in [9.17, 15) is 14.7 Å². The number of aromatic hydroxyl groups is 1. The van der Waals surface area contributed by atoms with Gasteiger partial charge in [0.25, 0.3) is 5.91 Å². The molecule has 0 aliphatic carbocycles. The largest absolute Gasteiger partial charge is 0.508 e. The van der Waals surface area contributed by atoms with Crippen LogP contribution in [0.3, 0.4) is 0 Å². The number of benzene rings is 2. The van der Waals surface area contributed by atoms with Gasteiger partial charge in [0, 0.05) is 5.56 Å². The molecule has 7 heteroatoms. The van der Waals surface area contributed by atoms with Gasteiger partial charge in [-0.3, -0.25) is 4.79 Å². The van der Waals surface area contributed by atoms with Crippen LogP contribution in [-0.2, 0) is 9.53 Å². The van der Waals surface area contributed by atoms with Gasteiger partial charge in [0.15, 0.2) is 4.80 Å². The zero-order valence-electron chi connectivity index (χ0n) is 15.3. The number of ether oxygens (including phenoxy) is 1. The highest BCUT2D eigenvalue weighted by Gasteiger charge is 2.23. The van der Waals surface area contributed by atoms with E-state index in [1.165, 1.54) is 18.4 Å². The summed E-state index contributed by atoms with van der Waals surface area (Å²) in [6.45, 7) is 3.81. The molecule has 1 unspecified atom stereocenters. The number of carbonyl (C=O) groups is 2. The van der Waals surface area contributed by atoms with Gasteiger partial charge in [0.05, 0.1) is 17.3 Å². The molecule has 0 spiro atoms. The fourth-order valence-electron chi connectivity index (χ4n) is 2.85. The number of carbonyl (C=O) groups excluding carboxylic acids is 2. The van der Waals surface area contributed by atoms with Crippen molar-refractivity contribution in [1.82, 2.24) is 4.57 Å². The Balaban J connectivity index is 2.21. The zero-order chi connectivity index (χ0) is 19.6. The van der Waals surface area contributed by atoms with Crippen molar-refractivity contribution in [2.24, 2.45) is 4.99 Å². The smallest absolute Gasteiger partial charge is 0.328 e. The number of methoxy groups -OCH3 is 1. The summed E-state index contributed by atoms with van der Waals surface area (Å²) in [6, 6.07) is 11.4. The number of nitrogens with zero attached hydrogens (tertiary/aromatic N) is 2. The van der Waals surface area contributed by atoms with E-state index in [-0.39, 0.29) is 11.7 Å². The van der Waals surface area contributed by atoms with Crippen molar-refractivity contribution in [3.05, 3.63) is 58.4 Å². The molecule has 6 nitrogen and oxygen atoms in total. The summed E-state index contributed by atoms with van der Waals surface area (Å²) >= 11 is 1.24. The molecule has 0 aliphatic rings. The molecule has 2 aromatic carbocycles. The van der Waals surface area contributed by atoms with Gasteiger partial charge in [-0.25, -0.2) is 4.79 Å². The van der Waals surface area contributed by atoms with Gasteiger partial charge in [-0.15, -0.1) is 0 Å². The van der Waals surface area contributed by atoms with E-state index in [1.807, 2.05) is 26.0 Å². The number of rotatable bonds is 4. The number of hydrogen-bond acceptors (Lipinski definition) is 5. The molecule has 0 fully saturated rings. The third kappa shape index (κ3) is 3.78. The Labute approximate surface area is 160 Å². The molecular formula is C20H20N2O4S. The van der Waals surface area contributed by atoms with Gasteiger partial charge in [-0.05, 0) is 43.7 Å². The molecule has 0 aliphatic heterocycles. The third-order valence-corrected chi connectivity index (χ3v) is 5.30. The summed E-state index contributed by atoms with van der Waals surface area (Å²) in [5.74, 6) is -0.688. The maximum absolute atomic E-state index is 12.6. The number of phenolic OH excluding ortho intramolecular Hbond substituents is 1. The Hall–Kier alpha value is -2.93. The highest BCUT2D eigenvalue weighted by Crippen LogP contribution is 2.26. The first-order valence-corrected chi connectivity index (χ1v) is 9.34. The van der Waals surface area contributed by atoms with Crippen LogP contribution in [0, 0.1) is 6.92 Å². The van der Waals surface area contributed by atoms with Gasteiger partial charge in [-0.2, -0.15) is 4.99 Å². The molecule has 0 radical (unpaired) electrons. The van der Waals surface area contributed by atoms with Crippen LogP contribution in [0.4, 0.5) is 0 Å². The summed E-state index contributed by atoms with van der Waals surface area (Å²) < 4.78 is 7.36. The molecule has 0 saturated carbocycles. The summed E-state index contributed by atoms with van der Waals surface area (Å²) in [4.78, 5) is 29.6. The van der Waals surface area contributed by atoms with Gasteiger partial charge in [-0.1, -0.05) is 36.0 Å². The Morgan fingerprint density at radius 2 is 1.93 bits per heavy atom. The minimum absolute atomic E-state index is 0.110. The van der Waals surface area contributed by atoms with Gasteiger partial charge >= 0.3 is 5.97 Å². The summed E-state index contributed by atoms with van der Waals surface area (Å²) in [7, 11) is 1.33. The average molecular weight is 384 g/mol. The van der Waals surface area contributed by atoms with Gasteiger partial charge in [0.1, 0.15) is 11.8 Å². The molecule has 0 saturated heterocycles. The van der Waals surface area contributed by atoms with Gasteiger partial charge in [0.2, 0.25) is 0 Å². The number of fused-ring (bicyclic) bond motifs is 1. The Morgan fingerprint density at radius 3 is 2.56 bits per heavy atom. The lowest BCUT2D eigenvalue weighted by Gasteiger charge is -2.15. The first kappa shape index (κ1) is 18.8. The quantitative estimate of drug-likeness (QED) is 0.697. The molecule has 1 aromatic heterocycles. The Kier molecular flexibility index (Phi) is 5.41. The average Bonchev–Trinajstić information content (AvgIpc) is 2.99. The maximum Gasteiger partial charge on any atom is 0.328 e. The molecule has 1 amide bonds. The first-order chi connectivity index (χ1) is 12.9. The highest BCUT2D eigenvalue weighted by atomic mass is 32.1. The van der Waals surface area contributed by atoms with E-state index in [0.717, 1.165) is 10.3 Å². The second-order valence-electron chi connectivity index (χ2n) is 6.14. The predicted octanol–water partition coefficient (Wildman–Crippen LogP) is 3.58. The van der Waals surface area contributed by atoms with Crippen molar-refractivity contribution in [2.45, 2.75) is 26.3 Å². The van der Waals surface area contributed by atoms with Crippen molar-refractivity contribution in [1.29, 1.82) is 0 Å². The zero-order valence-corrected chi connectivity index (χ0v) is 16.1. The molecule has 1 N–H and O–H groups in total. The van der Waals surface area contributed by atoms with Gasteiger partial charge < -0.3 is 14.4 Å². The fraction of sp³-hybridized carbons (Fsp3) is 0.250. The van der Waals surface area contributed by atoms with Crippen molar-refractivity contribution in [2.75, 3.05) is 7.11 Å². The number of hydrogen-bond donors (Lipinski definition) is 1. The minimum atomic E-state index is -0.613. The normalized spacial score (nSPS) is 12.9. The topological polar surface area (TPSA) is 80.9 Å². The van der Waals surface area contributed by atoms with E-state index in [1.54, 1.807) is 34.9 Å². The molecule has 3 aromatic rings.